The van der Waals surface area contributed by atoms with Crippen LogP contribution < -0.4 is 31.3 Å². The zero-order chi connectivity index (χ0) is 47.7. The fourth-order valence-electron chi connectivity index (χ4n) is 10.7. The molecule has 9 rings (SSSR count). The molecular weight excluding hydrogens is 892 g/mol. The summed E-state index contributed by atoms with van der Waals surface area (Å²) in [5.41, 5.74) is 1.73. The average Bonchev–Trinajstić information content (AvgIpc) is 3.55. The molecule has 364 valence electrons. The molecule has 3 heterocycles. The highest BCUT2D eigenvalue weighted by Gasteiger charge is 2.55. The van der Waals surface area contributed by atoms with Crippen LogP contribution in [0.5, 0.6) is 5.75 Å². The number of alkyl halides is 3. The summed E-state index contributed by atoms with van der Waals surface area (Å²) in [5, 5.41) is 25.4. The molecule has 6 aliphatic rings. The van der Waals surface area contributed by atoms with Crippen LogP contribution in [0.3, 0.4) is 0 Å². The summed E-state index contributed by atoms with van der Waals surface area (Å²) in [6.45, 7) is 5.40. The lowest BCUT2D eigenvalue weighted by atomic mass is 9.48. The van der Waals surface area contributed by atoms with Gasteiger partial charge >= 0.3 is 6.36 Å². The van der Waals surface area contributed by atoms with E-state index in [4.69, 9.17) is 18.9 Å². The Labute approximate surface area is 391 Å². The zero-order valence-corrected chi connectivity index (χ0v) is 37.5. The first-order chi connectivity index (χ1) is 32.9. The molecule has 1 aromatic heterocycles. The Kier molecular flexibility index (Phi) is 15.7. The highest BCUT2D eigenvalue weighted by atomic mass is 19.4. The highest BCUT2D eigenvalue weighted by molar-refractivity contribution is 6.23. The number of para-hydroxylation sites is 1. The predicted molar refractivity (Wildman–Crippen MR) is 238 cm³/mol. The minimum atomic E-state index is -4.82. The monoisotopic (exact) mass is 947 g/mol. The van der Waals surface area contributed by atoms with Crippen molar-refractivity contribution in [3.05, 3.63) is 70.9 Å². The summed E-state index contributed by atoms with van der Waals surface area (Å²) in [4.78, 5) is 59.4. The fourth-order valence-corrected chi connectivity index (χ4v) is 10.7. The standard InChI is InChI=1S/C47H56F3N9O9/c48-47(49,50)68-38-4-2-1-3-30(38)26-54-45-55-27-33(25-51)41(58-45)56-28-46-22-29-19-31(23-46)40(32(20-29)24-46)53-10-12-65-14-16-67-18-17-66-15-13-64-11-9-52-34-5-6-35-36(21-34)44(63)59(43(35)62)37-7-8-39(60)57-42(37)61/h1-6,21,27,29,31-32,37,40,52-53H,7-20,22-24,26,28H2,(H,57,60,61)(H2,54,55,56,58)/t29?,31-,32+,37?,40?,46?. The number of piperidine rings is 1. The maximum absolute atomic E-state index is 13.0. The number of benzene rings is 2. The molecule has 4 amide bonds. The van der Waals surface area contributed by atoms with Gasteiger partial charge in [0.05, 0.1) is 70.2 Å². The first kappa shape index (κ1) is 48.5. The Morgan fingerprint density at radius 1 is 0.824 bits per heavy atom. The molecule has 6 atom stereocenters. The van der Waals surface area contributed by atoms with E-state index in [1.165, 1.54) is 37.2 Å². The molecule has 4 saturated carbocycles. The van der Waals surface area contributed by atoms with E-state index in [1.54, 1.807) is 24.3 Å². The maximum Gasteiger partial charge on any atom is 0.573 e. The first-order valence-corrected chi connectivity index (χ1v) is 23.1. The van der Waals surface area contributed by atoms with Crippen LogP contribution >= 0.6 is 0 Å². The number of hydrogen-bond acceptors (Lipinski definition) is 16. The van der Waals surface area contributed by atoms with Crippen LogP contribution in [0.2, 0.25) is 0 Å². The number of carbonyl (C=O) groups excluding carboxylic acids is 4. The third-order valence-corrected chi connectivity index (χ3v) is 13.3. The Balaban J connectivity index is 0.652. The number of imide groups is 2. The van der Waals surface area contributed by atoms with Gasteiger partial charge in [-0.05, 0) is 86.0 Å². The summed E-state index contributed by atoms with van der Waals surface area (Å²) in [6.07, 6.45) is 2.42. The molecule has 0 radical (unpaired) electrons. The number of fused-ring (bicyclic) bond motifs is 1. The highest BCUT2D eigenvalue weighted by Crippen LogP contribution is 2.60. The van der Waals surface area contributed by atoms with E-state index in [0.29, 0.717) is 107 Å². The van der Waals surface area contributed by atoms with Crippen LogP contribution in [0.1, 0.15) is 76.8 Å². The molecule has 2 aliphatic heterocycles. The second kappa shape index (κ2) is 22.0. The van der Waals surface area contributed by atoms with Crippen molar-refractivity contribution in [3.63, 3.8) is 0 Å². The molecule has 21 heteroatoms. The minimum absolute atomic E-state index is 0.00483. The molecule has 3 aromatic rings. The molecule has 5 fully saturated rings. The number of halogens is 3. The van der Waals surface area contributed by atoms with E-state index in [2.05, 4.69) is 47.4 Å². The number of carbonyl (C=O) groups is 4. The Bertz CT molecular complexity index is 2330. The van der Waals surface area contributed by atoms with Gasteiger partial charge in [0.1, 0.15) is 29.2 Å². The van der Waals surface area contributed by atoms with E-state index in [-0.39, 0.29) is 53.2 Å². The lowest BCUT2D eigenvalue weighted by Crippen LogP contribution is -2.60. The van der Waals surface area contributed by atoms with Gasteiger partial charge in [-0.25, -0.2) is 4.98 Å². The summed E-state index contributed by atoms with van der Waals surface area (Å²) in [7, 11) is 0. The summed E-state index contributed by atoms with van der Waals surface area (Å²) in [5.74, 6) is -0.133. The Hall–Kier alpha value is -5.92. The van der Waals surface area contributed by atoms with Gasteiger partial charge in [-0.1, -0.05) is 18.2 Å². The van der Waals surface area contributed by atoms with E-state index < -0.39 is 36.0 Å². The number of amides is 4. The molecule has 5 N–H and O–H groups in total. The van der Waals surface area contributed by atoms with E-state index in [9.17, 15) is 37.6 Å². The molecule has 4 unspecified atom stereocenters. The molecular formula is C47H56F3N9O9. The number of nitriles is 1. The van der Waals surface area contributed by atoms with Crippen molar-refractivity contribution < 1.29 is 56.0 Å². The largest absolute Gasteiger partial charge is 0.573 e. The average molecular weight is 948 g/mol. The van der Waals surface area contributed by atoms with Crippen LogP contribution in [0.4, 0.5) is 30.6 Å². The number of nitrogens with zero attached hydrogens (tertiary/aromatic N) is 4. The van der Waals surface area contributed by atoms with Gasteiger partial charge in [-0.3, -0.25) is 29.4 Å². The van der Waals surface area contributed by atoms with Crippen LogP contribution in [-0.4, -0.2) is 129 Å². The number of hydrogen-bond donors (Lipinski definition) is 5. The maximum atomic E-state index is 13.0. The van der Waals surface area contributed by atoms with E-state index in [0.717, 1.165) is 30.7 Å². The number of rotatable bonds is 25. The number of ether oxygens (including phenoxy) is 5. The van der Waals surface area contributed by atoms with Gasteiger partial charge in [0.15, 0.2) is 0 Å². The van der Waals surface area contributed by atoms with E-state index >= 15 is 0 Å². The van der Waals surface area contributed by atoms with E-state index in [1.807, 2.05) is 0 Å². The molecule has 0 spiro atoms. The molecule has 2 aromatic carbocycles. The Morgan fingerprint density at radius 2 is 1.50 bits per heavy atom. The first-order valence-electron chi connectivity index (χ1n) is 23.1. The topological polar surface area (TPSA) is 227 Å². The quantitative estimate of drug-likeness (QED) is 0.0576. The smallest absolute Gasteiger partial charge is 0.405 e. The van der Waals surface area contributed by atoms with Crippen molar-refractivity contribution in [1.29, 1.82) is 5.26 Å². The number of aromatic nitrogens is 2. The van der Waals surface area contributed by atoms with Gasteiger partial charge in [0.2, 0.25) is 17.8 Å². The molecule has 68 heavy (non-hydrogen) atoms. The molecule has 1 saturated heterocycles. The Morgan fingerprint density at radius 3 is 2.19 bits per heavy atom. The van der Waals surface area contributed by atoms with Crippen molar-refractivity contribution >= 4 is 41.1 Å². The lowest BCUT2D eigenvalue weighted by Gasteiger charge is -2.60. The summed E-state index contributed by atoms with van der Waals surface area (Å²) in [6, 6.07) is 12.3. The fraction of sp³-hybridized carbons (Fsp3) is 0.553. The van der Waals surface area contributed by atoms with Gasteiger partial charge in [-0.2, -0.15) is 10.2 Å². The van der Waals surface area contributed by atoms with Crippen molar-refractivity contribution in [2.75, 3.05) is 88.4 Å². The molecule has 4 bridgehead atoms. The van der Waals surface area contributed by atoms with Gasteiger partial charge in [-0.15, -0.1) is 13.2 Å². The lowest BCUT2D eigenvalue weighted by molar-refractivity contribution is -0.274. The molecule has 4 aliphatic carbocycles. The molecule has 18 nitrogen and oxygen atoms in total. The predicted octanol–water partition coefficient (Wildman–Crippen LogP) is 4.64. The summed E-state index contributed by atoms with van der Waals surface area (Å²) >= 11 is 0. The minimum Gasteiger partial charge on any atom is -0.405 e. The van der Waals surface area contributed by atoms with Crippen molar-refractivity contribution in [3.8, 4) is 11.8 Å². The van der Waals surface area contributed by atoms with Gasteiger partial charge in [0, 0.05) is 49.9 Å². The second-order valence-electron chi connectivity index (χ2n) is 18.0. The van der Waals surface area contributed by atoms with Crippen LogP contribution in [0.25, 0.3) is 0 Å². The number of anilines is 3. The van der Waals surface area contributed by atoms with Crippen LogP contribution in [-0.2, 0) is 35.1 Å². The van der Waals surface area contributed by atoms with Crippen LogP contribution in [0.15, 0.2) is 48.7 Å². The summed E-state index contributed by atoms with van der Waals surface area (Å²) < 4.78 is 65.7. The van der Waals surface area contributed by atoms with Gasteiger partial charge in [0.25, 0.3) is 11.8 Å². The zero-order valence-electron chi connectivity index (χ0n) is 37.5. The van der Waals surface area contributed by atoms with Crippen molar-refractivity contribution in [1.82, 2.24) is 25.5 Å². The van der Waals surface area contributed by atoms with Gasteiger partial charge < -0.3 is 45.0 Å². The second-order valence-corrected chi connectivity index (χ2v) is 18.0. The van der Waals surface area contributed by atoms with Crippen molar-refractivity contribution in [2.45, 2.75) is 69.9 Å². The SMILES string of the molecule is N#Cc1cnc(NCc2ccccc2OC(F)(F)F)nc1NCC12CC3C[C@H](C1)C(NCCOCCOCCOCCOCCNc1ccc4c(c1)C(=O)N(C1CCC(=O)NC1=O)C4=O)[C@@H](C3)C2. The van der Waals surface area contributed by atoms with Crippen molar-refractivity contribution in [2.24, 2.45) is 23.2 Å². The van der Waals surface area contributed by atoms with Crippen LogP contribution in [0, 0.1) is 34.5 Å². The third-order valence-electron chi connectivity index (χ3n) is 13.3. The third kappa shape index (κ3) is 12.0. The number of nitrogens with one attached hydrogen (secondary N) is 5. The normalized spacial score (nSPS) is 23.9.